The van der Waals surface area contributed by atoms with E-state index in [2.05, 4.69) is 10.0 Å². The zero-order valence-electron chi connectivity index (χ0n) is 17.1. The summed E-state index contributed by atoms with van der Waals surface area (Å²) in [6.45, 7) is 0. The van der Waals surface area contributed by atoms with Gasteiger partial charge in [-0.3, -0.25) is 9.52 Å². The summed E-state index contributed by atoms with van der Waals surface area (Å²) >= 11 is 0. The lowest BCUT2D eigenvalue weighted by Crippen LogP contribution is -2.19. The van der Waals surface area contributed by atoms with E-state index in [9.17, 15) is 18.0 Å². The van der Waals surface area contributed by atoms with Crippen LogP contribution in [0.3, 0.4) is 0 Å². The smallest absolute Gasteiger partial charge is 0.340 e. The normalized spacial score (nSPS) is 10.7. The van der Waals surface area contributed by atoms with Gasteiger partial charge in [-0.25, -0.2) is 13.2 Å². The predicted molar refractivity (Wildman–Crippen MR) is 108 cm³/mol. The molecule has 0 fully saturated rings. The van der Waals surface area contributed by atoms with Crippen LogP contribution in [0.1, 0.15) is 20.7 Å². The van der Waals surface area contributed by atoms with Gasteiger partial charge in [-0.05, 0) is 24.3 Å². The predicted octanol–water partition coefficient (Wildman–Crippen LogP) is 1.66. The fourth-order valence-corrected chi connectivity index (χ4v) is 3.74. The summed E-state index contributed by atoms with van der Waals surface area (Å²) in [6.07, 6.45) is 0. The van der Waals surface area contributed by atoms with Crippen LogP contribution < -0.4 is 24.2 Å². The second kappa shape index (κ2) is 9.35. The number of benzene rings is 2. The lowest BCUT2D eigenvalue weighted by atomic mass is 10.1. The third-order valence-corrected chi connectivity index (χ3v) is 5.49. The number of nitrogens with one attached hydrogen (secondary N) is 2. The molecule has 0 aliphatic carbocycles. The number of sulfonamides is 1. The monoisotopic (exact) mass is 438 g/mol. The fraction of sp³-hybridized carbons (Fsp3) is 0.263. The Morgan fingerprint density at radius 3 is 1.97 bits per heavy atom. The molecule has 0 heterocycles. The summed E-state index contributed by atoms with van der Waals surface area (Å²) < 4.78 is 48.7. The number of carbonyl (C=O) groups is 2. The van der Waals surface area contributed by atoms with Crippen LogP contribution in [-0.4, -0.2) is 55.8 Å². The molecular formula is C19H22N2O8S. The lowest BCUT2D eigenvalue weighted by Gasteiger charge is -2.19. The van der Waals surface area contributed by atoms with E-state index in [0.717, 1.165) is 7.11 Å². The van der Waals surface area contributed by atoms with E-state index in [4.69, 9.17) is 18.9 Å². The molecule has 0 atom stereocenters. The van der Waals surface area contributed by atoms with Crippen molar-refractivity contribution in [3.63, 3.8) is 0 Å². The van der Waals surface area contributed by atoms with E-state index in [1.807, 2.05) is 0 Å². The molecule has 0 aliphatic rings. The molecule has 0 saturated heterocycles. The minimum atomic E-state index is -4.17. The summed E-state index contributed by atoms with van der Waals surface area (Å²) in [7, 11) is 2.43. The number of methoxy groups -OCH3 is 4. The van der Waals surface area contributed by atoms with Gasteiger partial charge in [0.15, 0.2) is 11.5 Å². The van der Waals surface area contributed by atoms with Crippen LogP contribution >= 0.6 is 0 Å². The first-order chi connectivity index (χ1) is 14.2. The van der Waals surface area contributed by atoms with E-state index in [1.165, 1.54) is 58.7 Å². The van der Waals surface area contributed by atoms with E-state index < -0.39 is 16.0 Å². The van der Waals surface area contributed by atoms with Crippen molar-refractivity contribution in [2.45, 2.75) is 4.90 Å². The molecule has 1 amide bonds. The summed E-state index contributed by atoms with van der Waals surface area (Å²) in [6, 6.07) is 6.52. The van der Waals surface area contributed by atoms with E-state index in [1.54, 1.807) is 0 Å². The van der Waals surface area contributed by atoms with E-state index in [0.29, 0.717) is 0 Å². The van der Waals surface area contributed by atoms with Gasteiger partial charge in [0.1, 0.15) is 5.69 Å². The molecule has 30 heavy (non-hydrogen) atoms. The highest BCUT2D eigenvalue weighted by molar-refractivity contribution is 7.92. The molecule has 2 rings (SSSR count). The van der Waals surface area contributed by atoms with Gasteiger partial charge < -0.3 is 24.3 Å². The van der Waals surface area contributed by atoms with Crippen molar-refractivity contribution < 1.29 is 37.0 Å². The Labute approximate surface area is 174 Å². The molecule has 0 spiro atoms. The third kappa shape index (κ3) is 4.40. The molecule has 0 aliphatic heterocycles. The van der Waals surface area contributed by atoms with Crippen LogP contribution in [-0.2, 0) is 14.8 Å². The highest BCUT2D eigenvalue weighted by Crippen LogP contribution is 2.46. The SMILES string of the molecule is CNC(=O)c1ccc(S(=O)(=O)Nc2c(C(=O)OC)cc(OC)c(OC)c2OC)cc1. The van der Waals surface area contributed by atoms with Crippen molar-refractivity contribution in [2.75, 3.05) is 40.2 Å². The van der Waals surface area contributed by atoms with Crippen molar-refractivity contribution in [1.82, 2.24) is 5.32 Å². The molecule has 2 N–H and O–H groups in total. The molecule has 0 unspecified atom stereocenters. The largest absolute Gasteiger partial charge is 0.493 e. The topological polar surface area (TPSA) is 129 Å². The van der Waals surface area contributed by atoms with Gasteiger partial charge in [-0.15, -0.1) is 0 Å². The highest BCUT2D eigenvalue weighted by atomic mass is 32.2. The van der Waals surface area contributed by atoms with Crippen LogP contribution in [0.5, 0.6) is 17.2 Å². The van der Waals surface area contributed by atoms with Gasteiger partial charge in [0.2, 0.25) is 5.75 Å². The average molecular weight is 438 g/mol. The molecule has 0 radical (unpaired) electrons. The molecular weight excluding hydrogens is 416 g/mol. The summed E-state index contributed by atoms with van der Waals surface area (Å²) in [5, 5.41) is 2.45. The Bertz CT molecular complexity index is 1050. The fourth-order valence-electron chi connectivity index (χ4n) is 2.65. The van der Waals surface area contributed by atoms with Crippen LogP contribution in [0.15, 0.2) is 35.2 Å². The Balaban J connectivity index is 2.62. The van der Waals surface area contributed by atoms with Crippen molar-refractivity contribution >= 4 is 27.6 Å². The minimum absolute atomic E-state index is 0.0668. The van der Waals surface area contributed by atoms with Gasteiger partial charge in [0, 0.05) is 18.7 Å². The summed E-state index contributed by atoms with van der Waals surface area (Å²) in [4.78, 5) is 23.8. The molecule has 11 heteroatoms. The number of rotatable bonds is 8. The molecule has 0 bridgehead atoms. The van der Waals surface area contributed by atoms with Gasteiger partial charge in [0.25, 0.3) is 15.9 Å². The number of hydrogen-bond donors (Lipinski definition) is 2. The second-order valence-corrected chi connectivity index (χ2v) is 7.45. The number of ether oxygens (including phenoxy) is 4. The van der Waals surface area contributed by atoms with Crippen molar-refractivity contribution in [3.05, 3.63) is 41.5 Å². The average Bonchev–Trinajstić information content (AvgIpc) is 2.77. The van der Waals surface area contributed by atoms with Crippen molar-refractivity contribution in [1.29, 1.82) is 0 Å². The Morgan fingerprint density at radius 2 is 1.50 bits per heavy atom. The first kappa shape index (κ1) is 22.8. The van der Waals surface area contributed by atoms with Gasteiger partial charge >= 0.3 is 5.97 Å². The first-order valence-electron chi connectivity index (χ1n) is 8.50. The third-order valence-electron chi connectivity index (χ3n) is 4.13. The number of amides is 1. The van der Waals surface area contributed by atoms with Crippen LogP contribution in [0.4, 0.5) is 5.69 Å². The second-order valence-electron chi connectivity index (χ2n) is 5.77. The number of anilines is 1. The standard InChI is InChI=1S/C19H22N2O8S/c1-20-18(22)11-6-8-12(9-7-11)30(24,25)21-15-13(19(23)29-5)10-14(26-2)16(27-3)17(15)28-4/h6-10,21H,1-5H3,(H,20,22). The quantitative estimate of drug-likeness (QED) is 0.596. The molecule has 162 valence electrons. The van der Waals surface area contributed by atoms with Crippen LogP contribution in [0, 0.1) is 0 Å². The maximum absolute atomic E-state index is 12.9. The van der Waals surface area contributed by atoms with Crippen LogP contribution in [0.2, 0.25) is 0 Å². The van der Waals surface area contributed by atoms with Crippen molar-refractivity contribution in [3.8, 4) is 17.2 Å². The Morgan fingerprint density at radius 1 is 0.900 bits per heavy atom. The van der Waals surface area contributed by atoms with Gasteiger partial charge in [0.05, 0.1) is 38.9 Å². The molecule has 2 aromatic rings. The first-order valence-corrected chi connectivity index (χ1v) is 9.98. The lowest BCUT2D eigenvalue weighted by molar-refractivity contribution is 0.0601. The van der Waals surface area contributed by atoms with Crippen molar-refractivity contribution in [2.24, 2.45) is 0 Å². The summed E-state index contributed by atoms with van der Waals surface area (Å²) in [5.74, 6) is -1.01. The highest BCUT2D eigenvalue weighted by Gasteiger charge is 2.28. The Kier molecular flexibility index (Phi) is 7.11. The zero-order chi connectivity index (χ0) is 22.5. The minimum Gasteiger partial charge on any atom is -0.493 e. The molecule has 2 aromatic carbocycles. The van der Waals surface area contributed by atoms with Gasteiger partial charge in [-0.2, -0.15) is 0 Å². The Hall–Kier alpha value is -3.47. The number of carbonyl (C=O) groups excluding carboxylic acids is 2. The molecule has 0 saturated carbocycles. The van der Waals surface area contributed by atoms with Gasteiger partial charge in [-0.1, -0.05) is 0 Å². The van der Waals surface area contributed by atoms with Crippen LogP contribution in [0.25, 0.3) is 0 Å². The maximum Gasteiger partial charge on any atom is 0.340 e. The van der Waals surface area contributed by atoms with E-state index in [-0.39, 0.29) is 44.9 Å². The molecule has 0 aromatic heterocycles. The molecule has 10 nitrogen and oxygen atoms in total. The van der Waals surface area contributed by atoms with E-state index >= 15 is 0 Å². The summed E-state index contributed by atoms with van der Waals surface area (Å²) in [5.41, 5.74) is -0.0367. The number of hydrogen-bond acceptors (Lipinski definition) is 8. The zero-order valence-corrected chi connectivity index (χ0v) is 17.9. The number of esters is 1. The maximum atomic E-state index is 12.9.